The van der Waals surface area contributed by atoms with Crippen LogP contribution >= 0.6 is 0 Å². The number of anilines is 1. The molecular formula is C14H20N2O4. The highest BCUT2D eigenvalue weighted by Crippen LogP contribution is 2.22. The van der Waals surface area contributed by atoms with E-state index in [9.17, 15) is 9.59 Å². The maximum Gasteiger partial charge on any atom is 0.341 e. The molecule has 0 aliphatic carbocycles. The lowest BCUT2D eigenvalue weighted by atomic mass is 10.2. The van der Waals surface area contributed by atoms with Gasteiger partial charge in [-0.05, 0) is 18.6 Å². The van der Waals surface area contributed by atoms with Crippen molar-refractivity contribution in [3.63, 3.8) is 0 Å². The molecule has 1 aromatic rings. The number of hydrogen-bond acceptors (Lipinski definition) is 5. The van der Waals surface area contributed by atoms with E-state index in [1.807, 2.05) is 0 Å². The van der Waals surface area contributed by atoms with Crippen LogP contribution in [0.15, 0.2) is 18.2 Å². The van der Waals surface area contributed by atoms with E-state index >= 15 is 0 Å². The van der Waals surface area contributed by atoms with Gasteiger partial charge in [0, 0.05) is 32.3 Å². The summed E-state index contributed by atoms with van der Waals surface area (Å²) in [5.74, 6) is -0.107. The third-order valence-electron chi connectivity index (χ3n) is 2.71. The summed E-state index contributed by atoms with van der Waals surface area (Å²) >= 11 is 0. The average molecular weight is 280 g/mol. The Morgan fingerprint density at radius 3 is 2.60 bits per heavy atom. The quantitative estimate of drug-likeness (QED) is 0.482. The molecule has 1 aromatic carbocycles. The van der Waals surface area contributed by atoms with Crippen molar-refractivity contribution in [1.82, 2.24) is 4.90 Å². The van der Waals surface area contributed by atoms with Crippen LogP contribution in [0.4, 0.5) is 5.69 Å². The fourth-order valence-corrected chi connectivity index (χ4v) is 1.57. The number of hydrogen-bond donors (Lipinski definition) is 1. The Morgan fingerprint density at radius 2 is 2.00 bits per heavy atom. The summed E-state index contributed by atoms with van der Waals surface area (Å²) in [5.41, 5.74) is 6.44. The molecule has 0 aliphatic heterocycles. The molecule has 0 bridgehead atoms. The van der Waals surface area contributed by atoms with Gasteiger partial charge in [0.2, 0.25) is 5.91 Å². The first-order valence-corrected chi connectivity index (χ1v) is 6.26. The number of nitrogens with zero attached hydrogens (tertiary/aromatic N) is 1. The minimum absolute atomic E-state index is 0.00566. The van der Waals surface area contributed by atoms with Crippen molar-refractivity contribution < 1.29 is 19.1 Å². The lowest BCUT2D eigenvalue weighted by Crippen LogP contribution is -2.21. The Morgan fingerprint density at radius 1 is 1.30 bits per heavy atom. The Kier molecular flexibility index (Phi) is 5.83. The smallest absolute Gasteiger partial charge is 0.341 e. The van der Waals surface area contributed by atoms with Crippen LogP contribution in [-0.4, -0.2) is 44.6 Å². The zero-order chi connectivity index (χ0) is 15.1. The fraction of sp³-hybridized carbons (Fsp3) is 0.429. The zero-order valence-electron chi connectivity index (χ0n) is 12.0. The zero-order valence-corrected chi connectivity index (χ0v) is 12.0. The third kappa shape index (κ3) is 4.46. The Labute approximate surface area is 118 Å². The number of ether oxygens (including phenoxy) is 2. The number of carbonyl (C=O) groups excluding carboxylic acids is 2. The van der Waals surface area contributed by atoms with Crippen LogP contribution in [0.25, 0.3) is 0 Å². The molecule has 0 heterocycles. The number of benzene rings is 1. The summed E-state index contributed by atoms with van der Waals surface area (Å²) in [6, 6.07) is 4.72. The number of methoxy groups -OCH3 is 1. The second kappa shape index (κ2) is 7.37. The molecule has 2 N–H and O–H groups in total. The van der Waals surface area contributed by atoms with Crippen molar-refractivity contribution in [2.24, 2.45) is 0 Å². The third-order valence-corrected chi connectivity index (χ3v) is 2.71. The summed E-state index contributed by atoms with van der Waals surface area (Å²) < 4.78 is 10.2. The molecule has 0 aliphatic rings. The molecule has 0 aromatic heterocycles. The first-order chi connectivity index (χ1) is 9.45. The Balaban J connectivity index is 2.49. The molecule has 1 rings (SSSR count). The molecule has 0 unspecified atom stereocenters. The number of nitrogens with two attached hydrogens (primary N) is 1. The molecule has 0 fully saturated rings. The highest BCUT2D eigenvalue weighted by atomic mass is 16.5. The topological polar surface area (TPSA) is 81.9 Å². The first-order valence-electron chi connectivity index (χ1n) is 6.26. The van der Waals surface area contributed by atoms with Crippen molar-refractivity contribution in [1.29, 1.82) is 0 Å². The van der Waals surface area contributed by atoms with Crippen LogP contribution in [0.2, 0.25) is 0 Å². The van der Waals surface area contributed by atoms with E-state index in [1.165, 1.54) is 12.0 Å². The Bertz CT molecular complexity index is 486. The van der Waals surface area contributed by atoms with Crippen LogP contribution < -0.4 is 10.5 Å². The standard InChI is InChI=1S/C14H20N2O4/c1-16(2)13(17)5-4-8-20-14(18)11-7-6-10(15)9-12(11)19-3/h6-7,9H,4-5,8,15H2,1-3H3. The van der Waals surface area contributed by atoms with E-state index in [0.717, 1.165) is 0 Å². The average Bonchev–Trinajstić information content (AvgIpc) is 2.42. The normalized spacial score (nSPS) is 9.95. The molecule has 20 heavy (non-hydrogen) atoms. The summed E-state index contributed by atoms with van der Waals surface area (Å²) in [7, 11) is 4.84. The van der Waals surface area contributed by atoms with Gasteiger partial charge in [0.1, 0.15) is 11.3 Å². The van der Waals surface area contributed by atoms with Gasteiger partial charge in [-0.15, -0.1) is 0 Å². The number of rotatable bonds is 6. The van der Waals surface area contributed by atoms with Crippen LogP contribution in [0.3, 0.4) is 0 Å². The van der Waals surface area contributed by atoms with Crippen LogP contribution in [0.1, 0.15) is 23.2 Å². The van der Waals surface area contributed by atoms with Crippen molar-refractivity contribution >= 4 is 17.6 Å². The second-order valence-electron chi connectivity index (χ2n) is 4.49. The van der Waals surface area contributed by atoms with Gasteiger partial charge in [0.15, 0.2) is 0 Å². The van der Waals surface area contributed by atoms with Crippen LogP contribution in [0, 0.1) is 0 Å². The van der Waals surface area contributed by atoms with E-state index in [2.05, 4.69) is 0 Å². The van der Waals surface area contributed by atoms with Gasteiger partial charge in [0.25, 0.3) is 0 Å². The predicted octanol–water partition coefficient (Wildman–Crippen LogP) is 1.30. The van der Waals surface area contributed by atoms with Gasteiger partial charge < -0.3 is 20.1 Å². The number of nitrogen functional groups attached to an aromatic ring is 1. The van der Waals surface area contributed by atoms with Gasteiger partial charge >= 0.3 is 5.97 Å². The minimum Gasteiger partial charge on any atom is -0.496 e. The summed E-state index contributed by atoms with van der Waals surface area (Å²) in [6.07, 6.45) is 0.833. The van der Waals surface area contributed by atoms with E-state index < -0.39 is 5.97 Å². The maximum atomic E-state index is 11.9. The van der Waals surface area contributed by atoms with Gasteiger partial charge in [-0.25, -0.2) is 4.79 Å². The lowest BCUT2D eigenvalue weighted by Gasteiger charge is -2.11. The van der Waals surface area contributed by atoms with Crippen LogP contribution in [-0.2, 0) is 9.53 Å². The molecule has 0 spiro atoms. The highest BCUT2D eigenvalue weighted by Gasteiger charge is 2.14. The van der Waals surface area contributed by atoms with Crippen molar-refractivity contribution in [2.75, 3.05) is 33.5 Å². The van der Waals surface area contributed by atoms with Crippen LogP contribution in [0.5, 0.6) is 5.75 Å². The molecule has 1 amide bonds. The molecule has 110 valence electrons. The van der Waals surface area contributed by atoms with Gasteiger partial charge in [0.05, 0.1) is 13.7 Å². The lowest BCUT2D eigenvalue weighted by molar-refractivity contribution is -0.128. The van der Waals surface area contributed by atoms with Crippen molar-refractivity contribution in [3.8, 4) is 5.75 Å². The maximum absolute atomic E-state index is 11.9. The van der Waals surface area contributed by atoms with Gasteiger partial charge in [-0.2, -0.15) is 0 Å². The monoisotopic (exact) mass is 280 g/mol. The SMILES string of the molecule is COc1cc(N)ccc1C(=O)OCCCC(=O)N(C)C. The summed E-state index contributed by atoms with van der Waals surface area (Å²) in [5, 5.41) is 0. The van der Waals surface area contributed by atoms with E-state index in [4.69, 9.17) is 15.2 Å². The molecule has 0 radical (unpaired) electrons. The number of carbonyl (C=O) groups is 2. The molecule has 0 saturated carbocycles. The molecular weight excluding hydrogens is 260 g/mol. The molecule has 6 nitrogen and oxygen atoms in total. The van der Waals surface area contributed by atoms with E-state index in [-0.39, 0.29) is 12.5 Å². The second-order valence-corrected chi connectivity index (χ2v) is 4.49. The number of amides is 1. The minimum atomic E-state index is -0.487. The molecule has 6 heteroatoms. The Hall–Kier alpha value is -2.24. The van der Waals surface area contributed by atoms with E-state index in [1.54, 1.807) is 32.3 Å². The largest absolute Gasteiger partial charge is 0.496 e. The summed E-state index contributed by atoms with van der Waals surface area (Å²) in [6.45, 7) is 0.186. The number of esters is 1. The van der Waals surface area contributed by atoms with Crippen molar-refractivity contribution in [2.45, 2.75) is 12.8 Å². The highest BCUT2D eigenvalue weighted by molar-refractivity contribution is 5.93. The van der Waals surface area contributed by atoms with Gasteiger partial charge in [-0.3, -0.25) is 4.79 Å². The molecule has 0 atom stereocenters. The van der Waals surface area contributed by atoms with Crippen molar-refractivity contribution in [3.05, 3.63) is 23.8 Å². The molecule has 0 saturated heterocycles. The predicted molar refractivity (Wildman–Crippen MR) is 75.6 cm³/mol. The fourth-order valence-electron chi connectivity index (χ4n) is 1.57. The summed E-state index contributed by atoms with van der Waals surface area (Å²) in [4.78, 5) is 24.7. The van der Waals surface area contributed by atoms with Gasteiger partial charge in [-0.1, -0.05) is 0 Å². The first kappa shape index (κ1) is 15.8. The van der Waals surface area contributed by atoms with E-state index in [0.29, 0.717) is 29.8 Å².